The smallest absolute Gasteiger partial charge is 0.223 e. The number of rotatable bonds is 4. The molecule has 2 aliphatic carbocycles. The third-order valence-corrected chi connectivity index (χ3v) is 6.65. The molecule has 1 aromatic heterocycles. The van der Waals surface area contributed by atoms with Crippen molar-refractivity contribution in [3.05, 3.63) is 16.1 Å². The average molecular weight is 422 g/mol. The molecule has 2 fully saturated rings. The number of aromatic nitrogens is 1. The first-order valence-corrected chi connectivity index (χ1v) is 10.2. The molecule has 0 spiro atoms. The minimum absolute atomic E-state index is 0. The van der Waals surface area contributed by atoms with Crippen molar-refractivity contribution >= 4 is 42.1 Å². The number of halogens is 2. The molecule has 26 heavy (non-hydrogen) atoms. The fourth-order valence-electron chi connectivity index (χ4n) is 4.21. The zero-order chi connectivity index (χ0) is 17.3. The summed E-state index contributed by atoms with van der Waals surface area (Å²) < 4.78 is 0. The van der Waals surface area contributed by atoms with Crippen LogP contribution in [0.2, 0.25) is 0 Å². The summed E-state index contributed by atoms with van der Waals surface area (Å²) in [6, 6.07) is 0.328. The van der Waals surface area contributed by atoms with Gasteiger partial charge in [0.05, 0.1) is 10.7 Å². The van der Waals surface area contributed by atoms with Crippen LogP contribution >= 0.6 is 36.2 Å². The van der Waals surface area contributed by atoms with Crippen molar-refractivity contribution in [1.82, 2.24) is 10.3 Å². The largest absolute Gasteiger partial charge is 0.355 e. The molecule has 1 heterocycles. The van der Waals surface area contributed by atoms with E-state index in [-0.39, 0.29) is 42.1 Å². The Bertz CT molecular complexity index is 574. The zero-order valence-corrected chi connectivity index (χ0v) is 18.4. The molecule has 0 aliphatic heterocycles. The maximum absolute atomic E-state index is 12.5. The Morgan fingerprint density at radius 3 is 2.42 bits per heavy atom. The van der Waals surface area contributed by atoms with Gasteiger partial charge in [0.2, 0.25) is 5.91 Å². The molecule has 4 nitrogen and oxygen atoms in total. The number of nitrogens with one attached hydrogen (secondary N) is 1. The second-order valence-electron chi connectivity index (χ2n) is 8.61. The maximum atomic E-state index is 12.5. The average Bonchev–Trinajstić information content (AvgIpc) is 2.95. The Morgan fingerprint density at radius 2 is 1.88 bits per heavy atom. The topological polar surface area (TPSA) is 68.0 Å². The maximum Gasteiger partial charge on any atom is 0.223 e. The molecule has 1 amide bonds. The highest BCUT2D eigenvalue weighted by Crippen LogP contribution is 2.41. The standard InChI is InChI=1S/C19H31N3OS.2ClH/c1-19(2,3)15-11-24-16(22-15)7-8-21-18(23)14-9-12-5-4-6-13(10-14)17(12)20;;/h11-14,17H,4-10,20H2,1-3H3,(H,21,23);2*1H. The number of hydrogen-bond acceptors (Lipinski definition) is 4. The van der Waals surface area contributed by atoms with Crippen molar-refractivity contribution in [3.63, 3.8) is 0 Å². The van der Waals surface area contributed by atoms with E-state index >= 15 is 0 Å². The second-order valence-corrected chi connectivity index (χ2v) is 9.56. The summed E-state index contributed by atoms with van der Waals surface area (Å²) >= 11 is 1.70. The summed E-state index contributed by atoms with van der Waals surface area (Å²) in [4.78, 5) is 17.2. The van der Waals surface area contributed by atoms with Gasteiger partial charge in [-0.15, -0.1) is 36.2 Å². The molecule has 3 rings (SSSR count). The van der Waals surface area contributed by atoms with Gasteiger partial charge in [0.25, 0.3) is 0 Å². The van der Waals surface area contributed by atoms with Crippen molar-refractivity contribution in [3.8, 4) is 0 Å². The molecule has 150 valence electrons. The van der Waals surface area contributed by atoms with Crippen molar-refractivity contribution < 1.29 is 4.79 Å². The number of nitrogens with zero attached hydrogens (tertiary/aromatic N) is 1. The number of nitrogens with two attached hydrogens (primary N) is 1. The third kappa shape index (κ3) is 5.57. The minimum Gasteiger partial charge on any atom is -0.355 e. The monoisotopic (exact) mass is 421 g/mol. The van der Waals surface area contributed by atoms with Gasteiger partial charge in [0, 0.05) is 35.7 Å². The van der Waals surface area contributed by atoms with Crippen LogP contribution in [-0.2, 0) is 16.6 Å². The molecule has 0 radical (unpaired) electrons. The van der Waals surface area contributed by atoms with E-state index < -0.39 is 0 Å². The lowest BCUT2D eigenvalue weighted by atomic mass is 9.65. The second kappa shape index (κ2) is 9.72. The van der Waals surface area contributed by atoms with E-state index in [0.29, 0.717) is 24.4 Å². The van der Waals surface area contributed by atoms with Crippen LogP contribution in [0.15, 0.2) is 5.38 Å². The van der Waals surface area contributed by atoms with Crippen LogP contribution in [0.3, 0.4) is 0 Å². The van der Waals surface area contributed by atoms with Gasteiger partial charge < -0.3 is 11.1 Å². The van der Waals surface area contributed by atoms with Gasteiger partial charge in [-0.05, 0) is 37.5 Å². The van der Waals surface area contributed by atoms with Gasteiger partial charge in [0.15, 0.2) is 0 Å². The summed E-state index contributed by atoms with van der Waals surface area (Å²) in [6.45, 7) is 7.22. The van der Waals surface area contributed by atoms with Gasteiger partial charge in [-0.1, -0.05) is 27.2 Å². The molecule has 1 aromatic rings. The van der Waals surface area contributed by atoms with Crippen LogP contribution in [0.25, 0.3) is 0 Å². The predicted octanol–water partition coefficient (Wildman–Crippen LogP) is 4.10. The normalized spacial score (nSPS) is 27.8. The Labute approximate surface area is 173 Å². The van der Waals surface area contributed by atoms with Crippen molar-refractivity contribution in [1.29, 1.82) is 0 Å². The molecule has 2 bridgehead atoms. The molecule has 2 atom stereocenters. The Hall–Kier alpha value is -0.360. The first-order chi connectivity index (χ1) is 11.3. The summed E-state index contributed by atoms with van der Waals surface area (Å²) in [7, 11) is 0. The summed E-state index contributed by atoms with van der Waals surface area (Å²) in [6.07, 6.45) is 6.49. The van der Waals surface area contributed by atoms with E-state index in [2.05, 4.69) is 31.5 Å². The summed E-state index contributed by atoms with van der Waals surface area (Å²) in [5.74, 6) is 1.51. The first-order valence-electron chi connectivity index (χ1n) is 9.33. The van der Waals surface area contributed by atoms with Crippen molar-refractivity contribution in [2.24, 2.45) is 23.5 Å². The van der Waals surface area contributed by atoms with Gasteiger partial charge in [-0.2, -0.15) is 0 Å². The van der Waals surface area contributed by atoms with E-state index in [4.69, 9.17) is 10.7 Å². The van der Waals surface area contributed by atoms with Crippen LogP contribution in [0.5, 0.6) is 0 Å². The number of thiazole rings is 1. The molecule has 0 aromatic carbocycles. The van der Waals surface area contributed by atoms with Crippen LogP contribution in [-0.4, -0.2) is 23.5 Å². The fraction of sp³-hybridized carbons (Fsp3) is 0.789. The van der Waals surface area contributed by atoms with Crippen molar-refractivity contribution in [2.75, 3.05) is 6.54 Å². The summed E-state index contributed by atoms with van der Waals surface area (Å²) in [5.41, 5.74) is 7.56. The number of carbonyl (C=O) groups is 1. The van der Waals surface area contributed by atoms with Gasteiger partial charge in [-0.3, -0.25) is 4.79 Å². The van der Waals surface area contributed by atoms with Gasteiger partial charge in [0.1, 0.15) is 0 Å². The molecular weight excluding hydrogens is 389 g/mol. The van der Waals surface area contributed by atoms with Gasteiger partial charge in [-0.25, -0.2) is 4.98 Å². The van der Waals surface area contributed by atoms with Crippen LogP contribution in [0, 0.1) is 17.8 Å². The molecular formula is C19H33Cl2N3OS. The van der Waals surface area contributed by atoms with Crippen LogP contribution < -0.4 is 11.1 Å². The van der Waals surface area contributed by atoms with E-state index in [9.17, 15) is 4.79 Å². The third-order valence-electron chi connectivity index (χ3n) is 5.74. The molecule has 2 aliphatic rings. The lowest BCUT2D eigenvalue weighted by Crippen LogP contribution is -2.49. The van der Waals surface area contributed by atoms with E-state index in [1.165, 1.54) is 19.3 Å². The Balaban J connectivity index is 0.00000169. The zero-order valence-electron chi connectivity index (χ0n) is 16.0. The fourth-order valence-corrected chi connectivity index (χ4v) is 5.24. The number of amides is 1. The molecule has 2 saturated carbocycles. The van der Waals surface area contributed by atoms with Crippen LogP contribution in [0.1, 0.15) is 63.6 Å². The van der Waals surface area contributed by atoms with E-state index in [1.807, 2.05) is 0 Å². The van der Waals surface area contributed by atoms with E-state index in [1.54, 1.807) is 11.3 Å². The predicted molar refractivity (Wildman–Crippen MR) is 114 cm³/mol. The van der Waals surface area contributed by atoms with E-state index in [0.717, 1.165) is 30.0 Å². The summed E-state index contributed by atoms with van der Waals surface area (Å²) in [5, 5.41) is 6.39. The first kappa shape index (κ1) is 23.7. The molecule has 0 saturated heterocycles. The highest BCUT2D eigenvalue weighted by atomic mass is 35.5. The quantitative estimate of drug-likeness (QED) is 0.768. The molecule has 3 N–H and O–H groups in total. The number of fused-ring (bicyclic) bond motifs is 2. The highest BCUT2D eigenvalue weighted by molar-refractivity contribution is 7.09. The minimum atomic E-state index is 0. The highest BCUT2D eigenvalue weighted by Gasteiger charge is 2.40. The van der Waals surface area contributed by atoms with Gasteiger partial charge >= 0.3 is 0 Å². The lowest BCUT2D eigenvalue weighted by molar-refractivity contribution is -0.127. The number of hydrogen-bond donors (Lipinski definition) is 2. The van der Waals surface area contributed by atoms with Crippen molar-refractivity contribution in [2.45, 2.75) is 70.8 Å². The van der Waals surface area contributed by atoms with Crippen LogP contribution in [0.4, 0.5) is 0 Å². The molecule has 7 heteroatoms. The Morgan fingerprint density at radius 1 is 1.27 bits per heavy atom. The molecule has 2 unspecified atom stereocenters. The Kier molecular flexibility index (Phi) is 8.85. The SMILES string of the molecule is CC(C)(C)c1csc(CCNC(=O)C2CC3CCCC(C2)C3N)n1.Cl.Cl. The lowest BCUT2D eigenvalue weighted by Gasteiger charge is -2.43. The number of carbonyl (C=O) groups excluding carboxylic acids is 1.